The SMILES string of the molecule is O=C(CCc1ccccc1Br)Nc1cccc(Cl)c1Cl. The molecule has 0 fully saturated rings. The summed E-state index contributed by atoms with van der Waals surface area (Å²) in [6.07, 6.45) is 1.04. The number of hydrogen-bond donors (Lipinski definition) is 1. The summed E-state index contributed by atoms with van der Waals surface area (Å²) in [6.45, 7) is 0. The minimum atomic E-state index is -0.0927. The maximum absolute atomic E-state index is 11.9. The highest BCUT2D eigenvalue weighted by molar-refractivity contribution is 9.10. The number of benzene rings is 2. The van der Waals surface area contributed by atoms with Crippen molar-refractivity contribution in [3.05, 3.63) is 62.5 Å². The fourth-order valence-corrected chi connectivity index (χ4v) is 2.59. The van der Waals surface area contributed by atoms with E-state index >= 15 is 0 Å². The van der Waals surface area contributed by atoms with Crippen LogP contribution in [-0.4, -0.2) is 5.91 Å². The van der Waals surface area contributed by atoms with E-state index in [9.17, 15) is 4.79 Å². The molecule has 2 nitrogen and oxygen atoms in total. The lowest BCUT2D eigenvalue weighted by Gasteiger charge is -2.08. The number of rotatable bonds is 4. The fourth-order valence-electron chi connectivity index (χ4n) is 1.76. The summed E-state index contributed by atoms with van der Waals surface area (Å²) in [6, 6.07) is 13.0. The summed E-state index contributed by atoms with van der Waals surface area (Å²) in [5.74, 6) is -0.0927. The summed E-state index contributed by atoms with van der Waals surface area (Å²) in [5.41, 5.74) is 1.64. The van der Waals surface area contributed by atoms with Crippen molar-refractivity contribution >= 4 is 50.7 Å². The van der Waals surface area contributed by atoms with Crippen molar-refractivity contribution in [1.82, 2.24) is 0 Å². The predicted octanol–water partition coefficient (Wildman–Crippen LogP) is 5.33. The number of halogens is 3. The van der Waals surface area contributed by atoms with Crippen molar-refractivity contribution in [2.75, 3.05) is 5.32 Å². The molecule has 0 saturated carbocycles. The van der Waals surface area contributed by atoms with Gasteiger partial charge in [-0.25, -0.2) is 0 Å². The molecule has 0 saturated heterocycles. The molecule has 0 unspecified atom stereocenters. The van der Waals surface area contributed by atoms with Gasteiger partial charge in [-0.05, 0) is 30.2 Å². The van der Waals surface area contributed by atoms with Crippen LogP contribution in [0.1, 0.15) is 12.0 Å². The van der Waals surface area contributed by atoms with Crippen LogP contribution in [0.15, 0.2) is 46.9 Å². The molecule has 20 heavy (non-hydrogen) atoms. The first-order valence-corrected chi connectivity index (χ1v) is 7.60. The first-order chi connectivity index (χ1) is 9.58. The molecule has 0 spiro atoms. The molecule has 0 bridgehead atoms. The monoisotopic (exact) mass is 371 g/mol. The summed E-state index contributed by atoms with van der Waals surface area (Å²) in [7, 11) is 0. The van der Waals surface area contributed by atoms with Crippen molar-refractivity contribution in [1.29, 1.82) is 0 Å². The van der Waals surface area contributed by atoms with Gasteiger partial charge in [-0.3, -0.25) is 4.79 Å². The number of nitrogens with one attached hydrogen (secondary N) is 1. The van der Waals surface area contributed by atoms with E-state index in [1.165, 1.54) is 0 Å². The van der Waals surface area contributed by atoms with Crippen molar-refractivity contribution in [2.24, 2.45) is 0 Å². The Morgan fingerprint density at radius 1 is 1.10 bits per heavy atom. The minimum Gasteiger partial charge on any atom is -0.325 e. The van der Waals surface area contributed by atoms with Gasteiger partial charge in [-0.1, -0.05) is 63.4 Å². The number of amides is 1. The topological polar surface area (TPSA) is 29.1 Å². The molecule has 0 aliphatic rings. The van der Waals surface area contributed by atoms with E-state index < -0.39 is 0 Å². The standard InChI is InChI=1S/C15H12BrCl2NO/c16-11-5-2-1-4-10(11)8-9-14(20)19-13-7-3-6-12(17)15(13)18/h1-7H,8-9H2,(H,19,20). The average Bonchev–Trinajstić information content (AvgIpc) is 2.43. The van der Waals surface area contributed by atoms with Gasteiger partial charge in [0.15, 0.2) is 0 Å². The summed E-state index contributed by atoms with van der Waals surface area (Å²) in [4.78, 5) is 11.9. The molecule has 104 valence electrons. The highest BCUT2D eigenvalue weighted by Gasteiger charge is 2.09. The first kappa shape index (κ1) is 15.4. The van der Waals surface area contributed by atoms with Crippen molar-refractivity contribution in [2.45, 2.75) is 12.8 Å². The van der Waals surface area contributed by atoms with Crippen LogP contribution in [0.2, 0.25) is 10.0 Å². The zero-order valence-corrected chi connectivity index (χ0v) is 13.6. The third-order valence-electron chi connectivity index (χ3n) is 2.80. The number of aryl methyl sites for hydroxylation is 1. The lowest BCUT2D eigenvalue weighted by molar-refractivity contribution is -0.116. The molecule has 2 aromatic carbocycles. The molecule has 0 heterocycles. The van der Waals surface area contributed by atoms with Crippen LogP contribution in [0, 0.1) is 0 Å². The Kier molecular flexibility index (Phi) is 5.46. The van der Waals surface area contributed by atoms with Gasteiger partial charge in [0, 0.05) is 10.9 Å². The van der Waals surface area contributed by atoms with E-state index in [1.54, 1.807) is 18.2 Å². The zero-order chi connectivity index (χ0) is 14.5. The molecule has 1 N–H and O–H groups in total. The number of carbonyl (C=O) groups excluding carboxylic acids is 1. The second-order valence-electron chi connectivity index (χ2n) is 4.24. The van der Waals surface area contributed by atoms with Gasteiger partial charge in [0.1, 0.15) is 0 Å². The van der Waals surface area contributed by atoms with E-state index in [2.05, 4.69) is 21.2 Å². The third kappa shape index (κ3) is 3.98. The smallest absolute Gasteiger partial charge is 0.224 e. The van der Waals surface area contributed by atoms with E-state index in [0.717, 1.165) is 10.0 Å². The van der Waals surface area contributed by atoms with E-state index in [0.29, 0.717) is 28.6 Å². The molecular weight excluding hydrogens is 361 g/mol. The lowest BCUT2D eigenvalue weighted by Crippen LogP contribution is -2.12. The quantitative estimate of drug-likeness (QED) is 0.772. The van der Waals surface area contributed by atoms with Gasteiger partial charge in [-0.2, -0.15) is 0 Å². The van der Waals surface area contributed by atoms with Crippen LogP contribution in [0.5, 0.6) is 0 Å². The van der Waals surface area contributed by atoms with Gasteiger partial charge in [0.25, 0.3) is 0 Å². The predicted molar refractivity (Wildman–Crippen MR) is 87.6 cm³/mol. The van der Waals surface area contributed by atoms with Crippen LogP contribution in [0.3, 0.4) is 0 Å². The molecule has 2 rings (SSSR count). The highest BCUT2D eigenvalue weighted by Crippen LogP contribution is 2.29. The van der Waals surface area contributed by atoms with Gasteiger partial charge in [-0.15, -0.1) is 0 Å². The van der Waals surface area contributed by atoms with E-state index in [1.807, 2.05) is 24.3 Å². The average molecular weight is 373 g/mol. The Hall–Kier alpha value is -1.03. The van der Waals surface area contributed by atoms with Crippen LogP contribution in [0.4, 0.5) is 5.69 Å². The molecule has 0 aromatic heterocycles. The molecule has 1 amide bonds. The highest BCUT2D eigenvalue weighted by atomic mass is 79.9. The Bertz CT molecular complexity index is 631. The van der Waals surface area contributed by atoms with E-state index in [-0.39, 0.29) is 5.91 Å². The molecule has 0 atom stereocenters. The number of hydrogen-bond acceptors (Lipinski definition) is 1. The second-order valence-corrected chi connectivity index (χ2v) is 5.88. The van der Waals surface area contributed by atoms with Crippen molar-refractivity contribution in [3.63, 3.8) is 0 Å². The number of anilines is 1. The zero-order valence-electron chi connectivity index (χ0n) is 10.5. The van der Waals surface area contributed by atoms with Crippen molar-refractivity contribution < 1.29 is 4.79 Å². The molecule has 0 aliphatic heterocycles. The Labute approximate surface area is 136 Å². The third-order valence-corrected chi connectivity index (χ3v) is 4.40. The molecule has 2 aromatic rings. The summed E-state index contributed by atoms with van der Waals surface area (Å²) in [5, 5.41) is 3.56. The molecule has 0 aliphatic carbocycles. The second kappa shape index (κ2) is 7.11. The van der Waals surface area contributed by atoms with Crippen LogP contribution >= 0.6 is 39.1 Å². The maximum Gasteiger partial charge on any atom is 0.224 e. The summed E-state index contributed by atoms with van der Waals surface area (Å²) < 4.78 is 1.01. The van der Waals surface area contributed by atoms with Crippen molar-refractivity contribution in [3.8, 4) is 0 Å². The maximum atomic E-state index is 11.9. The first-order valence-electron chi connectivity index (χ1n) is 6.05. The molecule has 5 heteroatoms. The normalized spacial score (nSPS) is 10.3. The van der Waals surface area contributed by atoms with Crippen LogP contribution in [0.25, 0.3) is 0 Å². The largest absolute Gasteiger partial charge is 0.325 e. The van der Waals surface area contributed by atoms with Gasteiger partial charge >= 0.3 is 0 Å². The Balaban J connectivity index is 1.96. The van der Waals surface area contributed by atoms with Gasteiger partial charge in [0.05, 0.1) is 15.7 Å². The Morgan fingerprint density at radius 2 is 1.85 bits per heavy atom. The fraction of sp³-hybridized carbons (Fsp3) is 0.133. The molecule has 0 radical (unpaired) electrons. The van der Waals surface area contributed by atoms with Gasteiger partial charge in [0.2, 0.25) is 5.91 Å². The van der Waals surface area contributed by atoms with Gasteiger partial charge < -0.3 is 5.32 Å². The minimum absolute atomic E-state index is 0.0927. The number of carbonyl (C=O) groups is 1. The Morgan fingerprint density at radius 3 is 2.60 bits per heavy atom. The van der Waals surface area contributed by atoms with Crippen LogP contribution in [-0.2, 0) is 11.2 Å². The molecular formula is C15H12BrCl2NO. The van der Waals surface area contributed by atoms with E-state index in [4.69, 9.17) is 23.2 Å². The lowest BCUT2D eigenvalue weighted by atomic mass is 10.1. The van der Waals surface area contributed by atoms with Crippen LogP contribution < -0.4 is 5.32 Å². The summed E-state index contributed by atoms with van der Waals surface area (Å²) >= 11 is 15.4.